The van der Waals surface area contributed by atoms with E-state index in [4.69, 9.17) is 10.3 Å². The van der Waals surface area contributed by atoms with Gasteiger partial charge in [0.25, 0.3) is 5.89 Å². The maximum absolute atomic E-state index is 6.13. The zero-order chi connectivity index (χ0) is 13.4. The van der Waals surface area contributed by atoms with Gasteiger partial charge in [-0.05, 0) is 42.5 Å². The first-order valence-electron chi connectivity index (χ1n) is 6.87. The largest absolute Gasteiger partial charge is 0.334 e. The Labute approximate surface area is 113 Å². The Hall–Kier alpha value is -1.68. The normalized spacial score (nSPS) is 18.6. The summed E-state index contributed by atoms with van der Waals surface area (Å²) < 4.78 is 5.34. The minimum Gasteiger partial charge on any atom is -0.334 e. The highest BCUT2D eigenvalue weighted by molar-refractivity contribution is 5.56. The quantitative estimate of drug-likeness (QED) is 0.897. The van der Waals surface area contributed by atoms with Crippen LogP contribution in [-0.2, 0) is 6.42 Å². The van der Waals surface area contributed by atoms with Crippen LogP contribution in [0.4, 0.5) is 0 Å². The van der Waals surface area contributed by atoms with E-state index in [0.717, 1.165) is 30.7 Å². The number of rotatable bonds is 2. The van der Waals surface area contributed by atoms with Crippen molar-refractivity contribution in [2.24, 2.45) is 5.73 Å². The number of aryl methyl sites for hydroxylation is 1. The van der Waals surface area contributed by atoms with Crippen LogP contribution in [0, 0.1) is 0 Å². The van der Waals surface area contributed by atoms with Crippen LogP contribution in [0.15, 0.2) is 22.7 Å². The van der Waals surface area contributed by atoms with Crippen LogP contribution < -0.4 is 5.73 Å². The van der Waals surface area contributed by atoms with Crippen molar-refractivity contribution >= 4 is 0 Å². The van der Waals surface area contributed by atoms with Gasteiger partial charge >= 0.3 is 0 Å². The van der Waals surface area contributed by atoms with Gasteiger partial charge in [0.2, 0.25) is 0 Å². The fourth-order valence-corrected chi connectivity index (χ4v) is 2.57. The summed E-state index contributed by atoms with van der Waals surface area (Å²) in [5, 5.41) is 4.01. The summed E-state index contributed by atoms with van der Waals surface area (Å²) in [6.07, 6.45) is 3.31. The average Bonchev–Trinajstić information content (AvgIpc) is 2.88. The standard InChI is InChI=1S/C15H19N3O/c1-9(2)14-17-15(19-18-14)11-6-7-12-10(8-11)4-3-5-13(12)16/h6-9,13H,3-5,16H2,1-2H3. The SMILES string of the molecule is CC(C)c1noc(-c2ccc3c(c2)CCCC3N)n1. The van der Waals surface area contributed by atoms with Gasteiger partial charge in [0.15, 0.2) is 5.82 Å². The lowest BCUT2D eigenvalue weighted by Gasteiger charge is -2.22. The predicted octanol–water partition coefficient (Wildman–Crippen LogP) is 3.20. The summed E-state index contributed by atoms with van der Waals surface area (Å²) in [4.78, 5) is 4.44. The van der Waals surface area contributed by atoms with Crippen molar-refractivity contribution < 1.29 is 4.52 Å². The highest BCUT2D eigenvalue weighted by Crippen LogP contribution is 2.31. The van der Waals surface area contributed by atoms with Crippen LogP contribution in [0.2, 0.25) is 0 Å². The van der Waals surface area contributed by atoms with Crippen LogP contribution in [0.1, 0.15) is 55.6 Å². The molecule has 0 amide bonds. The third-order valence-corrected chi connectivity index (χ3v) is 3.71. The van der Waals surface area contributed by atoms with Gasteiger partial charge in [-0.2, -0.15) is 4.98 Å². The molecule has 4 nitrogen and oxygen atoms in total. The predicted molar refractivity (Wildman–Crippen MR) is 73.7 cm³/mol. The lowest BCUT2D eigenvalue weighted by molar-refractivity contribution is 0.419. The second-order valence-corrected chi connectivity index (χ2v) is 5.52. The number of nitrogens with zero attached hydrogens (tertiary/aromatic N) is 2. The van der Waals surface area contributed by atoms with Crippen LogP contribution >= 0.6 is 0 Å². The number of aromatic nitrogens is 2. The van der Waals surface area contributed by atoms with Crippen LogP contribution in [0.3, 0.4) is 0 Å². The first-order chi connectivity index (χ1) is 9.15. The molecule has 1 aliphatic rings. The van der Waals surface area contributed by atoms with E-state index >= 15 is 0 Å². The molecule has 1 aromatic heterocycles. The molecule has 1 aromatic carbocycles. The maximum atomic E-state index is 6.13. The van der Waals surface area contributed by atoms with Crippen molar-refractivity contribution in [1.29, 1.82) is 0 Å². The van der Waals surface area contributed by atoms with Crippen molar-refractivity contribution in [3.63, 3.8) is 0 Å². The van der Waals surface area contributed by atoms with E-state index in [0.29, 0.717) is 5.89 Å². The summed E-state index contributed by atoms with van der Waals surface area (Å²) >= 11 is 0. The van der Waals surface area contributed by atoms with E-state index < -0.39 is 0 Å². The minimum atomic E-state index is 0.173. The number of hydrogen-bond donors (Lipinski definition) is 1. The Morgan fingerprint density at radius 2 is 2.21 bits per heavy atom. The van der Waals surface area contributed by atoms with E-state index in [1.165, 1.54) is 11.1 Å². The van der Waals surface area contributed by atoms with Crippen molar-refractivity contribution in [3.8, 4) is 11.5 Å². The Morgan fingerprint density at radius 1 is 1.37 bits per heavy atom. The Bertz CT molecular complexity index is 589. The zero-order valence-electron chi connectivity index (χ0n) is 11.4. The van der Waals surface area contributed by atoms with Crippen molar-refractivity contribution in [2.75, 3.05) is 0 Å². The van der Waals surface area contributed by atoms with Crippen molar-refractivity contribution in [1.82, 2.24) is 10.1 Å². The topological polar surface area (TPSA) is 64.9 Å². The average molecular weight is 257 g/mol. The number of benzene rings is 1. The molecule has 19 heavy (non-hydrogen) atoms. The first kappa shape index (κ1) is 12.4. The molecule has 1 unspecified atom stereocenters. The molecule has 3 rings (SSSR count). The molecular formula is C15H19N3O. The lowest BCUT2D eigenvalue weighted by atomic mass is 9.87. The molecule has 0 aliphatic heterocycles. The number of hydrogen-bond acceptors (Lipinski definition) is 4. The van der Waals surface area contributed by atoms with Gasteiger partial charge in [-0.1, -0.05) is 25.1 Å². The molecule has 0 saturated heterocycles. The molecule has 0 bridgehead atoms. The van der Waals surface area contributed by atoms with Crippen molar-refractivity contribution in [2.45, 2.75) is 45.1 Å². The lowest BCUT2D eigenvalue weighted by Crippen LogP contribution is -2.17. The van der Waals surface area contributed by atoms with Gasteiger partial charge in [0, 0.05) is 17.5 Å². The Balaban J connectivity index is 1.97. The summed E-state index contributed by atoms with van der Waals surface area (Å²) in [7, 11) is 0. The molecule has 1 heterocycles. The Morgan fingerprint density at radius 3 is 2.95 bits per heavy atom. The number of fused-ring (bicyclic) bond motifs is 1. The third-order valence-electron chi connectivity index (χ3n) is 3.71. The molecule has 0 radical (unpaired) electrons. The second-order valence-electron chi connectivity index (χ2n) is 5.52. The molecule has 100 valence electrons. The fraction of sp³-hybridized carbons (Fsp3) is 0.467. The molecule has 1 aliphatic carbocycles. The Kier molecular flexibility index (Phi) is 3.11. The van der Waals surface area contributed by atoms with E-state index in [1.54, 1.807) is 0 Å². The molecule has 2 aromatic rings. The van der Waals surface area contributed by atoms with Gasteiger partial charge < -0.3 is 10.3 Å². The van der Waals surface area contributed by atoms with Crippen LogP contribution in [0.5, 0.6) is 0 Å². The van der Waals surface area contributed by atoms with E-state index in [2.05, 4.69) is 36.1 Å². The molecular weight excluding hydrogens is 238 g/mol. The smallest absolute Gasteiger partial charge is 0.257 e. The van der Waals surface area contributed by atoms with Gasteiger partial charge in [-0.15, -0.1) is 0 Å². The van der Waals surface area contributed by atoms with Gasteiger partial charge in [0.05, 0.1) is 0 Å². The maximum Gasteiger partial charge on any atom is 0.257 e. The van der Waals surface area contributed by atoms with Crippen LogP contribution in [0.25, 0.3) is 11.5 Å². The summed E-state index contributed by atoms with van der Waals surface area (Å²) in [6, 6.07) is 6.45. The molecule has 0 fully saturated rings. The molecule has 0 spiro atoms. The monoisotopic (exact) mass is 257 g/mol. The summed E-state index contributed by atoms with van der Waals surface area (Å²) in [6.45, 7) is 4.11. The second kappa shape index (κ2) is 4.78. The van der Waals surface area contributed by atoms with E-state index in [-0.39, 0.29) is 12.0 Å². The number of nitrogens with two attached hydrogens (primary N) is 1. The highest BCUT2D eigenvalue weighted by Gasteiger charge is 2.19. The zero-order valence-corrected chi connectivity index (χ0v) is 11.4. The van der Waals surface area contributed by atoms with Crippen LogP contribution in [-0.4, -0.2) is 10.1 Å². The van der Waals surface area contributed by atoms with Crippen molar-refractivity contribution in [3.05, 3.63) is 35.2 Å². The fourth-order valence-electron chi connectivity index (χ4n) is 2.57. The molecule has 0 saturated carbocycles. The third kappa shape index (κ3) is 2.28. The summed E-state index contributed by atoms with van der Waals surface area (Å²) in [5.41, 5.74) is 9.70. The van der Waals surface area contributed by atoms with Gasteiger partial charge in [-0.3, -0.25) is 0 Å². The van der Waals surface area contributed by atoms with Gasteiger partial charge in [0.1, 0.15) is 0 Å². The summed E-state index contributed by atoms with van der Waals surface area (Å²) in [5.74, 6) is 1.64. The first-order valence-corrected chi connectivity index (χ1v) is 6.87. The molecule has 1 atom stereocenters. The molecule has 2 N–H and O–H groups in total. The highest BCUT2D eigenvalue weighted by atomic mass is 16.5. The van der Waals surface area contributed by atoms with E-state index in [9.17, 15) is 0 Å². The van der Waals surface area contributed by atoms with E-state index in [1.807, 2.05) is 6.07 Å². The minimum absolute atomic E-state index is 0.173. The molecule has 4 heteroatoms. The van der Waals surface area contributed by atoms with Gasteiger partial charge in [-0.25, -0.2) is 0 Å².